The molecule has 1 N–H and O–H groups in total. The van der Waals surface area contributed by atoms with Gasteiger partial charge in [0.15, 0.2) is 11.5 Å². The number of halogens is 1. The Kier molecular flexibility index (Phi) is 5.01. The Balaban J connectivity index is 2.20. The summed E-state index contributed by atoms with van der Waals surface area (Å²) in [6, 6.07) is 3.93. The van der Waals surface area contributed by atoms with Crippen LogP contribution in [-0.2, 0) is 6.54 Å². The zero-order valence-electron chi connectivity index (χ0n) is 12.5. The van der Waals surface area contributed by atoms with Crippen LogP contribution in [0.15, 0.2) is 22.8 Å². The van der Waals surface area contributed by atoms with Gasteiger partial charge in [-0.3, -0.25) is 4.98 Å². The van der Waals surface area contributed by atoms with Crippen LogP contribution in [0.5, 0.6) is 11.5 Å². The van der Waals surface area contributed by atoms with Crippen LogP contribution in [0.1, 0.15) is 17.0 Å². The zero-order valence-corrected chi connectivity index (χ0v) is 14.1. The molecule has 5 nitrogen and oxygen atoms in total. The van der Waals surface area contributed by atoms with Crippen LogP contribution in [0.2, 0.25) is 0 Å². The van der Waals surface area contributed by atoms with E-state index in [2.05, 4.69) is 31.2 Å². The van der Waals surface area contributed by atoms with Crippen molar-refractivity contribution in [2.75, 3.05) is 19.5 Å². The standard InChI is InChI=1S/C15H18BrN3O2/c1-9-7-17-10(2)15(19-9)18-8-11-5-12(16)14(21-4)13(6-11)20-3/h5-7H,8H2,1-4H3,(H,18,19). The predicted molar refractivity (Wildman–Crippen MR) is 86.1 cm³/mol. The molecule has 21 heavy (non-hydrogen) atoms. The number of hydrogen-bond donors (Lipinski definition) is 1. The number of anilines is 1. The molecule has 0 spiro atoms. The number of hydrogen-bond acceptors (Lipinski definition) is 5. The van der Waals surface area contributed by atoms with Crippen LogP contribution >= 0.6 is 15.9 Å². The van der Waals surface area contributed by atoms with Gasteiger partial charge in [0.2, 0.25) is 0 Å². The Bertz CT molecular complexity index is 647. The highest BCUT2D eigenvalue weighted by molar-refractivity contribution is 9.10. The zero-order chi connectivity index (χ0) is 15.4. The van der Waals surface area contributed by atoms with Crippen LogP contribution in [0.25, 0.3) is 0 Å². The fourth-order valence-electron chi connectivity index (χ4n) is 1.96. The Morgan fingerprint density at radius 2 is 1.95 bits per heavy atom. The van der Waals surface area contributed by atoms with Crippen molar-refractivity contribution in [3.05, 3.63) is 39.8 Å². The van der Waals surface area contributed by atoms with Crippen LogP contribution in [-0.4, -0.2) is 24.2 Å². The minimum Gasteiger partial charge on any atom is -0.493 e. The molecule has 1 heterocycles. The predicted octanol–water partition coefficient (Wildman–Crippen LogP) is 3.49. The normalized spacial score (nSPS) is 10.3. The molecule has 0 atom stereocenters. The van der Waals surface area contributed by atoms with Gasteiger partial charge in [-0.15, -0.1) is 0 Å². The summed E-state index contributed by atoms with van der Waals surface area (Å²) in [4.78, 5) is 8.74. The first-order valence-electron chi connectivity index (χ1n) is 6.49. The Hall–Kier alpha value is -1.82. The molecule has 1 aromatic heterocycles. The summed E-state index contributed by atoms with van der Waals surface area (Å²) in [6.45, 7) is 4.47. The summed E-state index contributed by atoms with van der Waals surface area (Å²) >= 11 is 3.49. The quantitative estimate of drug-likeness (QED) is 0.893. The Morgan fingerprint density at radius 3 is 2.62 bits per heavy atom. The topological polar surface area (TPSA) is 56.3 Å². The van der Waals surface area contributed by atoms with E-state index >= 15 is 0 Å². The van der Waals surface area contributed by atoms with Crippen LogP contribution in [0.3, 0.4) is 0 Å². The van der Waals surface area contributed by atoms with Crippen molar-refractivity contribution in [1.29, 1.82) is 0 Å². The van der Waals surface area contributed by atoms with Gasteiger partial charge in [-0.1, -0.05) is 0 Å². The average Bonchev–Trinajstić information content (AvgIpc) is 2.47. The van der Waals surface area contributed by atoms with E-state index in [1.165, 1.54) is 0 Å². The minimum atomic E-state index is 0.623. The number of nitrogens with zero attached hydrogens (tertiary/aromatic N) is 2. The fourth-order valence-corrected chi connectivity index (χ4v) is 2.62. The lowest BCUT2D eigenvalue weighted by atomic mass is 10.2. The SMILES string of the molecule is COc1cc(CNc2nc(C)cnc2C)cc(Br)c1OC. The van der Waals surface area contributed by atoms with Gasteiger partial charge in [0.05, 0.1) is 30.1 Å². The molecule has 2 aromatic rings. The number of aromatic nitrogens is 2. The second-order valence-electron chi connectivity index (χ2n) is 4.61. The maximum atomic E-state index is 5.34. The molecule has 0 aliphatic carbocycles. The van der Waals surface area contributed by atoms with Gasteiger partial charge >= 0.3 is 0 Å². The van der Waals surface area contributed by atoms with E-state index in [-0.39, 0.29) is 0 Å². The number of aryl methyl sites for hydroxylation is 2. The van der Waals surface area contributed by atoms with Crippen molar-refractivity contribution in [3.63, 3.8) is 0 Å². The van der Waals surface area contributed by atoms with E-state index in [0.717, 1.165) is 27.2 Å². The molecule has 0 saturated heterocycles. The highest BCUT2D eigenvalue weighted by atomic mass is 79.9. The molecular weight excluding hydrogens is 334 g/mol. The van der Waals surface area contributed by atoms with Gasteiger partial charge in [0.1, 0.15) is 5.82 Å². The molecule has 0 amide bonds. The monoisotopic (exact) mass is 351 g/mol. The van der Waals surface area contributed by atoms with Gasteiger partial charge in [-0.2, -0.15) is 0 Å². The summed E-state index contributed by atoms with van der Waals surface area (Å²) in [5, 5.41) is 3.30. The first-order valence-corrected chi connectivity index (χ1v) is 7.29. The molecule has 0 aliphatic heterocycles. The van der Waals surface area contributed by atoms with Gasteiger partial charge in [-0.25, -0.2) is 4.98 Å². The smallest absolute Gasteiger partial charge is 0.174 e. The van der Waals surface area contributed by atoms with E-state index in [9.17, 15) is 0 Å². The first-order chi connectivity index (χ1) is 10.0. The third-order valence-corrected chi connectivity index (χ3v) is 3.62. The number of methoxy groups -OCH3 is 2. The summed E-state index contributed by atoms with van der Waals surface area (Å²) in [5.41, 5.74) is 2.82. The fraction of sp³-hybridized carbons (Fsp3) is 0.333. The van der Waals surface area contributed by atoms with Gasteiger partial charge in [-0.05, 0) is 47.5 Å². The lowest BCUT2D eigenvalue weighted by Gasteiger charge is -2.13. The highest BCUT2D eigenvalue weighted by Crippen LogP contribution is 2.36. The molecule has 0 radical (unpaired) electrons. The van der Waals surface area contributed by atoms with Crippen molar-refractivity contribution in [1.82, 2.24) is 9.97 Å². The van der Waals surface area contributed by atoms with E-state index in [0.29, 0.717) is 18.0 Å². The van der Waals surface area contributed by atoms with Gasteiger partial charge in [0, 0.05) is 12.7 Å². The molecule has 0 fully saturated rings. The summed E-state index contributed by atoms with van der Waals surface area (Å²) in [5.74, 6) is 2.17. The van der Waals surface area contributed by atoms with E-state index in [1.54, 1.807) is 20.4 Å². The number of ether oxygens (including phenoxy) is 2. The van der Waals surface area contributed by atoms with Crippen molar-refractivity contribution in [3.8, 4) is 11.5 Å². The van der Waals surface area contributed by atoms with Crippen LogP contribution in [0, 0.1) is 13.8 Å². The molecular formula is C15H18BrN3O2. The number of rotatable bonds is 5. The molecule has 2 rings (SSSR count). The second-order valence-corrected chi connectivity index (χ2v) is 5.47. The lowest BCUT2D eigenvalue weighted by Crippen LogP contribution is -2.06. The van der Waals surface area contributed by atoms with Gasteiger partial charge in [0.25, 0.3) is 0 Å². The third kappa shape index (κ3) is 3.64. The van der Waals surface area contributed by atoms with Crippen LogP contribution in [0.4, 0.5) is 5.82 Å². The molecule has 0 aliphatic rings. The lowest BCUT2D eigenvalue weighted by molar-refractivity contribution is 0.352. The first kappa shape index (κ1) is 15.6. The molecule has 0 saturated carbocycles. The van der Waals surface area contributed by atoms with Crippen molar-refractivity contribution >= 4 is 21.7 Å². The van der Waals surface area contributed by atoms with Crippen molar-refractivity contribution in [2.24, 2.45) is 0 Å². The van der Waals surface area contributed by atoms with E-state index < -0.39 is 0 Å². The van der Waals surface area contributed by atoms with E-state index in [1.807, 2.05) is 26.0 Å². The van der Waals surface area contributed by atoms with E-state index in [4.69, 9.17) is 9.47 Å². The maximum absolute atomic E-state index is 5.34. The summed E-state index contributed by atoms with van der Waals surface area (Å²) in [7, 11) is 3.24. The summed E-state index contributed by atoms with van der Waals surface area (Å²) < 4.78 is 11.5. The Morgan fingerprint density at radius 1 is 1.19 bits per heavy atom. The highest BCUT2D eigenvalue weighted by Gasteiger charge is 2.11. The molecule has 6 heteroatoms. The van der Waals surface area contributed by atoms with Gasteiger partial charge < -0.3 is 14.8 Å². The second kappa shape index (κ2) is 6.76. The minimum absolute atomic E-state index is 0.623. The average molecular weight is 352 g/mol. The number of nitrogens with one attached hydrogen (secondary N) is 1. The molecule has 0 unspecified atom stereocenters. The Labute approximate surface area is 132 Å². The van der Waals surface area contributed by atoms with Crippen molar-refractivity contribution in [2.45, 2.75) is 20.4 Å². The number of benzene rings is 1. The third-order valence-electron chi connectivity index (χ3n) is 3.03. The molecule has 112 valence electrons. The molecule has 0 bridgehead atoms. The maximum Gasteiger partial charge on any atom is 0.174 e. The largest absolute Gasteiger partial charge is 0.493 e. The van der Waals surface area contributed by atoms with Crippen LogP contribution < -0.4 is 14.8 Å². The molecule has 1 aromatic carbocycles. The van der Waals surface area contributed by atoms with Crippen molar-refractivity contribution < 1.29 is 9.47 Å². The summed E-state index contributed by atoms with van der Waals surface area (Å²) in [6.07, 6.45) is 1.76.